The molecule has 0 amide bonds. The van der Waals surface area contributed by atoms with Crippen molar-refractivity contribution in [2.24, 2.45) is 52.1 Å². The van der Waals surface area contributed by atoms with Gasteiger partial charge in [0.1, 0.15) is 5.84 Å². The Bertz CT molecular complexity index is 686. The van der Waals surface area contributed by atoms with Crippen LogP contribution >= 0.6 is 0 Å². The van der Waals surface area contributed by atoms with Crippen LogP contribution in [0.15, 0.2) is 5.22 Å². The predicted molar refractivity (Wildman–Crippen MR) is 122 cm³/mol. The lowest BCUT2D eigenvalue weighted by Gasteiger charge is -2.57. The normalized spacial score (nSPS) is 45.2. The fraction of sp³-hybridized carbons (Fsp3) is 0.960. The number of nitrogens with zero attached hydrogens (tertiary/aromatic N) is 2. The van der Waals surface area contributed by atoms with E-state index in [9.17, 15) is 5.11 Å². The van der Waals surface area contributed by atoms with Crippen molar-refractivity contribution in [2.75, 3.05) is 20.3 Å². The highest BCUT2D eigenvalue weighted by molar-refractivity contribution is 5.75. The first-order valence-corrected chi connectivity index (χ1v) is 12.6. The summed E-state index contributed by atoms with van der Waals surface area (Å²) in [5.74, 6) is 5.49. The lowest BCUT2D eigenvalue weighted by Crippen LogP contribution is -2.52. The van der Waals surface area contributed by atoms with E-state index in [4.69, 9.17) is 15.7 Å². The Kier molecular flexibility index (Phi) is 6.53. The van der Waals surface area contributed by atoms with Crippen LogP contribution in [0, 0.1) is 57.8 Å². The van der Waals surface area contributed by atoms with Gasteiger partial charge < -0.3 is 9.84 Å². The van der Waals surface area contributed by atoms with E-state index in [-0.39, 0.29) is 0 Å². The van der Waals surface area contributed by atoms with E-state index in [2.05, 4.69) is 19.1 Å². The van der Waals surface area contributed by atoms with Crippen molar-refractivity contribution in [2.45, 2.75) is 84.2 Å². The molecule has 4 rings (SSSR count). The quantitative estimate of drug-likeness (QED) is 0.223. The largest absolute Gasteiger partial charge is 0.387 e. The Balaban J connectivity index is 1.45. The number of nitrogens with one attached hydrogen (secondary N) is 2. The standard InChI is InChI=1S/C25H44N4O2/c1-16(14-29(28-27)17(2)26)22-7-8-23-21-6-5-18-13-25(30,15-31-4)12-10-19(18)20(21)9-11-24(22,23)3/h16,18-23,26-27,30H,5-15H2,1-4H3/t16-,18+,19+,20-,21-,22-,23+,24-,25-/m1/s1. The molecule has 4 aliphatic carbocycles. The molecule has 4 aliphatic rings. The van der Waals surface area contributed by atoms with E-state index in [1.807, 2.05) is 0 Å². The average molecular weight is 433 g/mol. The van der Waals surface area contributed by atoms with Crippen molar-refractivity contribution in [3.8, 4) is 0 Å². The van der Waals surface area contributed by atoms with Crippen LogP contribution in [0.2, 0.25) is 0 Å². The number of ether oxygens (including phenoxy) is 1. The summed E-state index contributed by atoms with van der Waals surface area (Å²) in [6, 6.07) is 0. The van der Waals surface area contributed by atoms with Crippen molar-refractivity contribution in [3.63, 3.8) is 0 Å². The van der Waals surface area contributed by atoms with Gasteiger partial charge in [0.15, 0.2) is 0 Å². The van der Waals surface area contributed by atoms with Gasteiger partial charge in [-0.25, -0.2) is 5.01 Å². The molecule has 6 nitrogen and oxygen atoms in total. The van der Waals surface area contributed by atoms with E-state index in [1.165, 1.54) is 44.9 Å². The van der Waals surface area contributed by atoms with Crippen LogP contribution in [-0.2, 0) is 4.74 Å². The van der Waals surface area contributed by atoms with E-state index in [1.54, 1.807) is 19.0 Å². The molecule has 0 radical (unpaired) electrons. The number of aliphatic hydroxyl groups is 1. The molecule has 0 aromatic heterocycles. The summed E-state index contributed by atoms with van der Waals surface area (Å²) in [7, 11) is 1.71. The minimum atomic E-state index is -0.596. The van der Waals surface area contributed by atoms with Gasteiger partial charge in [-0.2, -0.15) is 5.53 Å². The van der Waals surface area contributed by atoms with Gasteiger partial charge >= 0.3 is 0 Å². The summed E-state index contributed by atoms with van der Waals surface area (Å²) in [5.41, 5.74) is 7.23. The van der Waals surface area contributed by atoms with Crippen LogP contribution in [0.4, 0.5) is 0 Å². The molecule has 31 heavy (non-hydrogen) atoms. The molecule has 3 N–H and O–H groups in total. The second-order valence-corrected chi connectivity index (χ2v) is 11.8. The van der Waals surface area contributed by atoms with Gasteiger partial charge in [-0.05, 0) is 112 Å². The Morgan fingerprint density at radius 2 is 1.87 bits per heavy atom. The van der Waals surface area contributed by atoms with Crippen molar-refractivity contribution in [1.82, 2.24) is 5.01 Å². The van der Waals surface area contributed by atoms with Crippen molar-refractivity contribution >= 4 is 5.84 Å². The van der Waals surface area contributed by atoms with Gasteiger partial charge in [-0.3, -0.25) is 5.41 Å². The monoisotopic (exact) mass is 432 g/mol. The number of rotatable bonds is 6. The van der Waals surface area contributed by atoms with Crippen molar-refractivity contribution in [1.29, 1.82) is 10.9 Å². The molecule has 0 aliphatic heterocycles. The molecule has 6 heteroatoms. The van der Waals surface area contributed by atoms with Gasteiger partial charge in [-0.1, -0.05) is 19.1 Å². The van der Waals surface area contributed by atoms with Crippen molar-refractivity contribution < 1.29 is 9.84 Å². The molecule has 4 fully saturated rings. The summed E-state index contributed by atoms with van der Waals surface area (Å²) in [6.07, 6.45) is 10.9. The van der Waals surface area contributed by atoms with Gasteiger partial charge in [0.25, 0.3) is 0 Å². The highest BCUT2D eigenvalue weighted by Crippen LogP contribution is 2.65. The molecular weight excluding hydrogens is 388 g/mol. The molecule has 176 valence electrons. The predicted octanol–water partition coefficient (Wildman–Crippen LogP) is 5.51. The van der Waals surface area contributed by atoms with E-state index < -0.39 is 5.60 Å². The van der Waals surface area contributed by atoms with Gasteiger partial charge in [0.2, 0.25) is 0 Å². The first kappa shape index (κ1) is 23.2. The zero-order valence-corrected chi connectivity index (χ0v) is 20.1. The minimum Gasteiger partial charge on any atom is -0.387 e. The molecule has 4 saturated carbocycles. The van der Waals surface area contributed by atoms with Gasteiger partial charge in [0, 0.05) is 13.7 Å². The third-order valence-electron chi connectivity index (χ3n) is 10.2. The first-order chi connectivity index (χ1) is 14.7. The lowest BCUT2D eigenvalue weighted by atomic mass is 9.48. The molecule has 0 heterocycles. The second-order valence-electron chi connectivity index (χ2n) is 11.8. The van der Waals surface area contributed by atoms with Crippen LogP contribution in [-0.4, -0.2) is 41.8 Å². The second kappa shape index (κ2) is 8.74. The smallest absolute Gasteiger partial charge is 0.115 e. The summed E-state index contributed by atoms with van der Waals surface area (Å²) in [5, 5.41) is 24.0. The van der Waals surface area contributed by atoms with Crippen LogP contribution < -0.4 is 0 Å². The molecule has 0 saturated heterocycles. The van der Waals surface area contributed by atoms with Crippen LogP contribution in [0.1, 0.15) is 78.6 Å². The number of hydrogen-bond donors (Lipinski definition) is 3. The highest BCUT2D eigenvalue weighted by Gasteiger charge is 2.58. The Morgan fingerprint density at radius 1 is 1.13 bits per heavy atom. The highest BCUT2D eigenvalue weighted by atomic mass is 16.5. The first-order valence-electron chi connectivity index (χ1n) is 12.6. The van der Waals surface area contributed by atoms with Crippen LogP contribution in [0.5, 0.6) is 0 Å². The average Bonchev–Trinajstić information content (AvgIpc) is 3.08. The summed E-state index contributed by atoms with van der Waals surface area (Å²) < 4.78 is 5.34. The molecule has 0 spiro atoms. The maximum atomic E-state index is 11.0. The third-order valence-corrected chi connectivity index (χ3v) is 10.2. The molecule has 0 unspecified atom stereocenters. The van der Waals surface area contributed by atoms with Crippen LogP contribution in [0.3, 0.4) is 0 Å². The fourth-order valence-electron chi connectivity index (χ4n) is 8.99. The van der Waals surface area contributed by atoms with E-state index in [0.29, 0.717) is 42.2 Å². The third kappa shape index (κ3) is 4.07. The van der Waals surface area contributed by atoms with Gasteiger partial charge in [-0.15, -0.1) is 0 Å². The maximum Gasteiger partial charge on any atom is 0.115 e. The topological polar surface area (TPSA) is 92.8 Å². The van der Waals surface area contributed by atoms with Crippen LogP contribution in [0.25, 0.3) is 0 Å². The number of hydrogen-bond acceptors (Lipinski definition) is 5. The molecular formula is C25H44N4O2. The van der Waals surface area contributed by atoms with E-state index >= 15 is 0 Å². The number of methoxy groups -OCH3 is 1. The lowest BCUT2D eigenvalue weighted by molar-refractivity contribution is -0.126. The fourth-order valence-corrected chi connectivity index (χ4v) is 8.99. The molecule has 0 bridgehead atoms. The van der Waals surface area contributed by atoms with E-state index in [0.717, 1.165) is 36.5 Å². The Morgan fingerprint density at radius 3 is 2.55 bits per heavy atom. The summed E-state index contributed by atoms with van der Waals surface area (Å²) in [6.45, 7) is 7.79. The number of fused-ring (bicyclic) bond motifs is 5. The Hall–Kier alpha value is -1.01. The maximum absolute atomic E-state index is 11.0. The zero-order valence-electron chi connectivity index (χ0n) is 20.1. The molecule has 9 atom stereocenters. The summed E-state index contributed by atoms with van der Waals surface area (Å²) >= 11 is 0. The molecule has 0 aromatic carbocycles. The van der Waals surface area contributed by atoms with Gasteiger partial charge in [0.05, 0.1) is 12.2 Å². The molecule has 0 aromatic rings. The minimum absolute atomic E-state index is 0.370. The Labute approximate surface area is 188 Å². The number of amidine groups is 1. The summed E-state index contributed by atoms with van der Waals surface area (Å²) in [4.78, 5) is 0. The zero-order chi connectivity index (χ0) is 22.4. The van der Waals surface area contributed by atoms with Crippen molar-refractivity contribution in [3.05, 3.63) is 0 Å². The SMILES string of the molecule is COC[C@@]1(O)CC[C@H]2[C@@H](CC[C@@H]3[C@@H]2CC[C@]2(C)[C@@H]([C@H](C)CN(N=N)C(C)=N)CC[C@@H]32)C1.